The summed E-state index contributed by atoms with van der Waals surface area (Å²) >= 11 is 1.85. The minimum Gasteiger partial charge on any atom is -0.315 e. The zero-order chi connectivity index (χ0) is 15.0. The fourth-order valence-electron chi connectivity index (χ4n) is 2.98. The van der Waals surface area contributed by atoms with Crippen molar-refractivity contribution < 1.29 is 8.42 Å². The highest BCUT2D eigenvalue weighted by molar-refractivity contribution is 8.00. The van der Waals surface area contributed by atoms with Crippen LogP contribution in [0.3, 0.4) is 0 Å². The van der Waals surface area contributed by atoms with Crippen LogP contribution in [0.15, 0.2) is 34.1 Å². The molecule has 5 heteroatoms. The third kappa shape index (κ3) is 3.38. The van der Waals surface area contributed by atoms with E-state index in [4.69, 9.17) is 0 Å². The second kappa shape index (κ2) is 5.70. The Morgan fingerprint density at radius 2 is 1.85 bits per heavy atom. The third-order valence-electron chi connectivity index (χ3n) is 4.14. The van der Waals surface area contributed by atoms with Crippen LogP contribution in [0.5, 0.6) is 0 Å². The normalized spacial score (nSPS) is 25.8. The first-order valence-corrected chi connectivity index (χ1v) is 9.65. The van der Waals surface area contributed by atoms with Crippen LogP contribution in [0.25, 0.3) is 0 Å². The Balaban J connectivity index is 2.11. The lowest BCUT2D eigenvalue weighted by molar-refractivity contribution is 0.300. The van der Waals surface area contributed by atoms with E-state index in [1.54, 1.807) is 12.1 Å². The van der Waals surface area contributed by atoms with E-state index in [0.717, 1.165) is 4.90 Å². The Labute approximate surface area is 126 Å². The Hall–Kier alpha value is -0.520. The van der Waals surface area contributed by atoms with E-state index < -0.39 is 9.84 Å². The molecule has 1 aliphatic rings. The van der Waals surface area contributed by atoms with Crippen molar-refractivity contribution in [1.29, 1.82) is 0 Å². The van der Waals surface area contributed by atoms with Crippen molar-refractivity contribution in [3.63, 3.8) is 0 Å². The Bertz CT molecular complexity index is 564. The smallest absolute Gasteiger partial charge is 0.175 e. The molecule has 0 radical (unpaired) electrons. The lowest BCUT2D eigenvalue weighted by Gasteiger charge is -2.30. The molecule has 1 aromatic carbocycles. The van der Waals surface area contributed by atoms with Crippen molar-refractivity contribution in [2.24, 2.45) is 5.41 Å². The quantitative estimate of drug-likeness (QED) is 0.928. The van der Waals surface area contributed by atoms with Crippen LogP contribution in [0.4, 0.5) is 0 Å². The summed E-state index contributed by atoms with van der Waals surface area (Å²) in [5.41, 5.74) is 0.319. The predicted molar refractivity (Wildman–Crippen MR) is 85.1 cm³/mol. The topological polar surface area (TPSA) is 46.2 Å². The molecule has 2 unspecified atom stereocenters. The molecule has 0 heterocycles. The summed E-state index contributed by atoms with van der Waals surface area (Å²) in [5, 5.41) is 3.98. The van der Waals surface area contributed by atoms with Crippen LogP contribution < -0.4 is 5.32 Å². The predicted octanol–water partition coefficient (Wildman–Crippen LogP) is 2.96. The maximum atomic E-state index is 11.5. The molecule has 2 rings (SSSR count). The van der Waals surface area contributed by atoms with Crippen molar-refractivity contribution >= 4 is 21.6 Å². The summed E-state index contributed by atoms with van der Waals surface area (Å²) in [6, 6.07) is 7.72. The van der Waals surface area contributed by atoms with Gasteiger partial charge in [0.15, 0.2) is 9.84 Å². The van der Waals surface area contributed by atoms with Gasteiger partial charge in [0.1, 0.15) is 0 Å². The average molecular weight is 313 g/mol. The molecule has 2 atom stereocenters. The number of hydrogen-bond donors (Lipinski definition) is 1. The zero-order valence-corrected chi connectivity index (χ0v) is 14.1. The molecule has 0 spiro atoms. The highest BCUT2D eigenvalue weighted by Crippen LogP contribution is 2.44. The van der Waals surface area contributed by atoms with Gasteiger partial charge in [-0.05, 0) is 49.6 Å². The Morgan fingerprint density at radius 3 is 2.35 bits per heavy atom. The van der Waals surface area contributed by atoms with Gasteiger partial charge in [0.05, 0.1) is 4.90 Å². The van der Waals surface area contributed by atoms with E-state index >= 15 is 0 Å². The molecular weight excluding hydrogens is 290 g/mol. The van der Waals surface area contributed by atoms with Crippen molar-refractivity contribution in [3.8, 4) is 0 Å². The number of benzene rings is 1. The highest BCUT2D eigenvalue weighted by Gasteiger charge is 2.41. The number of nitrogens with one attached hydrogen (secondary N) is 1. The standard InChI is InChI=1S/C15H23NO2S2/c1-15(2)10-9-13(14(15)16-3)19-11-5-7-12(8-6-11)20(4,17)18/h5-8,13-14,16H,9-10H2,1-4H3. The van der Waals surface area contributed by atoms with Crippen molar-refractivity contribution in [2.75, 3.05) is 13.3 Å². The van der Waals surface area contributed by atoms with E-state index in [-0.39, 0.29) is 0 Å². The van der Waals surface area contributed by atoms with Crippen LogP contribution in [-0.4, -0.2) is 33.0 Å². The molecule has 3 nitrogen and oxygen atoms in total. The van der Waals surface area contributed by atoms with Gasteiger partial charge in [0.25, 0.3) is 0 Å². The third-order valence-corrected chi connectivity index (χ3v) is 6.62. The average Bonchev–Trinajstić information content (AvgIpc) is 2.63. The summed E-state index contributed by atoms with van der Waals surface area (Å²) in [6.07, 6.45) is 3.65. The summed E-state index contributed by atoms with van der Waals surface area (Å²) in [6.45, 7) is 4.61. The fraction of sp³-hybridized carbons (Fsp3) is 0.600. The molecule has 20 heavy (non-hydrogen) atoms. The molecule has 0 aromatic heterocycles. The van der Waals surface area contributed by atoms with E-state index in [9.17, 15) is 8.42 Å². The fourth-order valence-corrected chi connectivity index (χ4v) is 5.13. The van der Waals surface area contributed by atoms with E-state index in [1.807, 2.05) is 30.9 Å². The van der Waals surface area contributed by atoms with E-state index in [0.29, 0.717) is 21.6 Å². The Morgan fingerprint density at radius 1 is 1.25 bits per heavy atom. The second-order valence-corrected chi connectivity index (χ2v) is 9.52. The first kappa shape index (κ1) is 15.9. The lowest BCUT2D eigenvalue weighted by atomic mass is 9.87. The molecule has 1 saturated carbocycles. The monoisotopic (exact) mass is 313 g/mol. The number of thioether (sulfide) groups is 1. The molecule has 0 aliphatic heterocycles. The zero-order valence-electron chi connectivity index (χ0n) is 12.5. The molecular formula is C15H23NO2S2. The van der Waals surface area contributed by atoms with Crippen molar-refractivity contribution in [1.82, 2.24) is 5.32 Å². The number of hydrogen-bond acceptors (Lipinski definition) is 4. The minimum atomic E-state index is -3.10. The highest BCUT2D eigenvalue weighted by atomic mass is 32.2. The van der Waals surface area contributed by atoms with Crippen molar-refractivity contribution in [2.45, 2.75) is 47.8 Å². The molecule has 1 aliphatic carbocycles. The van der Waals surface area contributed by atoms with E-state index in [2.05, 4.69) is 19.2 Å². The molecule has 112 valence electrons. The molecule has 0 bridgehead atoms. The van der Waals surface area contributed by atoms with Gasteiger partial charge in [0, 0.05) is 22.4 Å². The number of rotatable bonds is 4. The van der Waals surface area contributed by atoms with Crippen LogP contribution >= 0.6 is 11.8 Å². The summed E-state index contributed by atoms with van der Waals surface area (Å²) in [5.74, 6) is 0. The molecule has 1 aromatic rings. The van der Waals surface area contributed by atoms with Gasteiger partial charge in [-0.15, -0.1) is 11.8 Å². The van der Waals surface area contributed by atoms with Gasteiger partial charge in [-0.1, -0.05) is 13.8 Å². The summed E-state index contributed by atoms with van der Waals surface area (Å²) in [7, 11) is -1.08. The maximum absolute atomic E-state index is 11.5. The van der Waals surface area contributed by atoms with Gasteiger partial charge >= 0.3 is 0 Å². The lowest BCUT2D eigenvalue weighted by Crippen LogP contribution is -2.41. The van der Waals surface area contributed by atoms with Gasteiger partial charge in [0.2, 0.25) is 0 Å². The van der Waals surface area contributed by atoms with E-state index in [1.165, 1.54) is 19.1 Å². The Kier molecular flexibility index (Phi) is 4.52. The molecule has 0 amide bonds. The largest absolute Gasteiger partial charge is 0.315 e. The van der Waals surface area contributed by atoms with Crippen LogP contribution in [0.2, 0.25) is 0 Å². The summed E-state index contributed by atoms with van der Waals surface area (Å²) in [4.78, 5) is 1.53. The molecule has 1 N–H and O–H groups in total. The first-order chi connectivity index (χ1) is 9.24. The number of sulfone groups is 1. The van der Waals surface area contributed by atoms with Gasteiger partial charge in [-0.3, -0.25) is 0 Å². The second-order valence-electron chi connectivity index (χ2n) is 6.19. The minimum absolute atomic E-state index is 0.319. The maximum Gasteiger partial charge on any atom is 0.175 e. The van der Waals surface area contributed by atoms with Gasteiger partial charge < -0.3 is 5.32 Å². The SMILES string of the molecule is CNC1C(Sc2ccc(S(C)(=O)=O)cc2)CCC1(C)C. The first-order valence-electron chi connectivity index (χ1n) is 6.88. The molecule has 0 saturated heterocycles. The van der Waals surface area contributed by atoms with Gasteiger partial charge in [-0.2, -0.15) is 0 Å². The summed E-state index contributed by atoms with van der Waals surface area (Å²) < 4.78 is 22.9. The van der Waals surface area contributed by atoms with Crippen molar-refractivity contribution in [3.05, 3.63) is 24.3 Å². The van der Waals surface area contributed by atoms with Crippen LogP contribution in [0.1, 0.15) is 26.7 Å². The van der Waals surface area contributed by atoms with Crippen LogP contribution in [-0.2, 0) is 9.84 Å². The molecule has 1 fully saturated rings. The van der Waals surface area contributed by atoms with Crippen LogP contribution in [0, 0.1) is 5.41 Å². The van der Waals surface area contributed by atoms with Gasteiger partial charge in [-0.25, -0.2) is 8.42 Å².